The van der Waals surface area contributed by atoms with Crippen LogP contribution in [-0.2, 0) is 12.8 Å². The molecule has 1 N–H and O–H groups in total. The van der Waals surface area contributed by atoms with Crippen LogP contribution in [0.1, 0.15) is 48.2 Å². The number of thiophene rings is 1. The van der Waals surface area contributed by atoms with Crippen molar-refractivity contribution in [3.8, 4) is 0 Å². The number of aryl methyl sites for hydroxylation is 1. The summed E-state index contributed by atoms with van der Waals surface area (Å²) in [4.78, 5) is 1.60. The molecule has 20 heavy (non-hydrogen) atoms. The average Bonchev–Trinajstić information content (AvgIpc) is 2.97. The molecule has 106 valence electrons. The van der Waals surface area contributed by atoms with Crippen molar-refractivity contribution >= 4 is 11.3 Å². The molecule has 1 aliphatic rings. The lowest BCUT2D eigenvalue weighted by Crippen LogP contribution is -2.35. The Morgan fingerprint density at radius 3 is 2.90 bits per heavy atom. The lowest BCUT2D eigenvalue weighted by molar-refractivity contribution is 0.386. The Hall–Kier alpha value is -1.12. The summed E-state index contributed by atoms with van der Waals surface area (Å²) in [6.45, 7) is 2.29. The van der Waals surface area contributed by atoms with Crippen molar-refractivity contribution in [2.45, 2.75) is 51.1 Å². The van der Waals surface area contributed by atoms with E-state index in [4.69, 9.17) is 0 Å². The smallest absolute Gasteiger partial charge is 0.0333 e. The van der Waals surface area contributed by atoms with E-state index in [1.807, 2.05) is 11.3 Å². The van der Waals surface area contributed by atoms with E-state index in [1.54, 1.807) is 10.4 Å². The molecule has 2 atom stereocenters. The second-order valence-corrected chi connectivity index (χ2v) is 6.71. The quantitative estimate of drug-likeness (QED) is 0.837. The van der Waals surface area contributed by atoms with Crippen LogP contribution in [0.4, 0.5) is 0 Å². The van der Waals surface area contributed by atoms with Crippen molar-refractivity contribution in [1.29, 1.82) is 0 Å². The first kappa shape index (κ1) is 13.8. The largest absolute Gasteiger partial charge is 0.307 e. The zero-order chi connectivity index (χ0) is 13.8. The summed E-state index contributed by atoms with van der Waals surface area (Å²) < 4.78 is 0. The molecule has 2 aromatic rings. The number of fused-ring (bicyclic) bond motifs is 1. The monoisotopic (exact) mass is 285 g/mol. The Morgan fingerprint density at radius 2 is 2.10 bits per heavy atom. The van der Waals surface area contributed by atoms with Crippen molar-refractivity contribution in [2.75, 3.05) is 0 Å². The van der Waals surface area contributed by atoms with Crippen LogP contribution in [-0.4, -0.2) is 6.04 Å². The molecule has 2 unspecified atom stereocenters. The fraction of sp³-hybridized carbons (Fsp3) is 0.444. The van der Waals surface area contributed by atoms with E-state index in [0.29, 0.717) is 12.1 Å². The van der Waals surface area contributed by atoms with E-state index in [2.05, 4.69) is 54.0 Å². The Morgan fingerprint density at radius 1 is 1.25 bits per heavy atom. The van der Waals surface area contributed by atoms with E-state index >= 15 is 0 Å². The molecule has 0 bridgehead atoms. The summed E-state index contributed by atoms with van der Waals surface area (Å²) >= 11 is 1.93. The predicted octanol–water partition coefficient (Wildman–Crippen LogP) is 4.74. The van der Waals surface area contributed by atoms with Gasteiger partial charge in [-0.25, -0.2) is 0 Å². The fourth-order valence-electron chi connectivity index (χ4n) is 3.16. The lowest BCUT2D eigenvalue weighted by Gasteiger charge is -2.28. The van der Waals surface area contributed by atoms with Gasteiger partial charge in [0.05, 0.1) is 0 Å². The third kappa shape index (κ3) is 3.13. The van der Waals surface area contributed by atoms with Gasteiger partial charge in [0, 0.05) is 17.0 Å². The second-order valence-electron chi connectivity index (χ2n) is 5.71. The highest BCUT2D eigenvalue weighted by atomic mass is 32.1. The Bertz CT molecular complexity index is 531. The van der Waals surface area contributed by atoms with E-state index in [-0.39, 0.29) is 0 Å². The van der Waals surface area contributed by atoms with Gasteiger partial charge in [0.15, 0.2) is 0 Å². The number of nitrogens with one attached hydrogen (secondary N) is 1. The van der Waals surface area contributed by atoms with Crippen LogP contribution in [0.25, 0.3) is 0 Å². The highest BCUT2D eigenvalue weighted by Crippen LogP contribution is 2.33. The molecule has 1 aromatic heterocycles. The second kappa shape index (κ2) is 6.55. The third-order valence-electron chi connectivity index (χ3n) is 4.31. The van der Waals surface area contributed by atoms with Crippen molar-refractivity contribution in [3.05, 3.63) is 57.8 Å². The molecule has 0 aliphatic heterocycles. The van der Waals surface area contributed by atoms with Crippen molar-refractivity contribution < 1.29 is 0 Å². The van der Waals surface area contributed by atoms with Gasteiger partial charge in [0.25, 0.3) is 0 Å². The van der Waals surface area contributed by atoms with Crippen LogP contribution < -0.4 is 5.32 Å². The normalized spacial score (nSPS) is 19.6. The van der Waals surface area contributed by atoms with E-state index < -0.39 is 0 Å². The number of hydrogen-bond acceptors (Lipinski definition) is 2. The molecule has 1 nitrogen and oxygen atoms in total. The average molecular weight is 285 g/mol. The molecule has 0 saturated carbocycles. The van der Waals surface area contributed by atoms with Gasteiger partial charge in [0.1, 0.15) is 0 Å². The first-order chi connectivity index (χ1) is 9.86. The minimum absolute atomic E-state index is 0.568. The Kier molecular flexibility index (Phi) is 4.54. The van der Waals surface area contributed by atoms with Gasteiger partial charge in [-0.15, -0.1) is 11.3 Å². The number of hydrogen-bond donors (Lipinski definition) is 1. The minimum atomic E-state index is 0.568. The van der Waals surface area contributed by atoms with Gasteiger partial charge in [-0.2, -0.15) is 0 Å². The van der Waals surface area contributed by atoms with E-state index in [1.165, 1.54) is 31.2 Å². The van der Waals surface area contributed by atoms with Gasteiger partial charge in [-0.1, -0.05) is 37.3 Å². The number of benzene rings is 1. The summed E-state index contributed by atoms with van der Waals surface area (Å²) in [5, 5.41) is 6.16. The molecule has 3 rings (SSSR count). The maximum Gasteiger partial charge on any atom is 0.0333 e. The molecular weight excluding hydrogens is 262 g/mol. The summed E-state index contributed by atoms with van der Waals surface area (Å²) in [5.41, 5.74) is 3.00. The summed E-state index contributed by atoms with van der Waals surface area (Å²) in [5.74, 6) is 0. The maximum absolute atomic E-state index is 3.90. The minimum Gasteiger partial charge on any atom is -0.307 e. The topological polar surface area (TPSA) is 12.0 Å². The van der Waals surface area contributed by atoms with Gasteiger partial charge in [-0.3, -0.25) is 0 Å². The zero-order valence-electron chi connectivity index (χ0n) is 12.1. The van der Waals surface area contributed by atoms with Crippen molar-refractivity contribution in [2.24, 2.45) is 0 Å². The van der Waals surface area contributed by atoms with Gasteiger partial charge in [-0.05, 0) is 54.7 Å². The molecular formula is C18H23NS. The summed E-state index contributed by atoms with van der Waals surface area (Å²) in [6, 6.07) is 14.3. The molecule has 1 aliphatic carbocycles. The highest BCUT2D eigenvalue weighted by molar-refractivity contribution is 7.10. The molecule has 0 spiro atoms. The fourth-order valence-corrected chi connectivity index (χ4v) is 4.15. The van der Waals surface area contributed by atoms with E-state index in [9.17, 15) is 0 Å². The van der Waals surface area contributed by atoms with Gasteiger partial charge in [0.2, 0.25) is 0 Å². The Balaban J connectivity index is 1.67. The zero-order valence-corrected chi connectivity index (χ0v) is 13.0. The SMILES string of the molecule is CCC(Cc1ccccc1)NC1CCCc2sccc21. The Labute approximate surface area is 126 Å². The molecule has 0 radical (unpaired) electrons. The molecule has 0 fully saturated rings. The van der Waals surface area contributed by atoms with Gasteiger partial charge < -0.3 is 5.32 Å². The lowest BCUT2D eigenvalue weighted by atomic mass is 9.92. The summed E-state index contributed by atoms with van der Waals surface area (Å²) in [7, 11) is 0. The highest BCUT2D eigenvalue weighted by Gasteiger charge is 2.23. The third-order valence-corrected chi connectivity index (χ3v) is 5.30. The van der Waals surface area contributed by atoms with E-state index in [0.717, 1.165) is 6.42 Å². The van der Waals surface area contributed by atoms with Crippen LogP contribution in [0.5, 0.6) is 0 Å². The first-order valence-electron chi connectivity index (χ1n) is 7.73. The van der Waals surface area contributed by atoms with Crippen LogP contribution in [0, 0.1) is 0 Å². The molecule has 1 heterocycles. The van der Waals surface area contributed by atoms with Crippen LogP contribution in [0.3, 0.4) is 0 Å². The van der Waals surface area contributed by atoms with Crippen LogP contribution in [0.2, 0.25) is 0 Å². The predicted molar refractivity (Wildman–Crippen MR) is 87.4 cm³/mol. The first-order valence-corrected chi connectivity index (χ1v) is 8.61. The van der Waals surface area contributed by atoms with Crippen LogP contribution in [0.15, 0.2) is 41.8 Å². The maximum atomic E-state index is 3.90. The molecule has 1 aromatic carbocycles. The molecule has 0 saturated heterocycles. The van der Waals surface area contributed by atoms with Crippen LogP contribution >= 0.6 is 11.3 Å². The summed E-state index contributed by atoms with van der Waals surface area (Å²) in [6.07, 6.45) is 6.21. The van der Waals surface area contributed by atoms with Crippen molar-refractivity contribution in [1.82, 2.24) is 5.32 Å². The molecule has 2 heteroatoms. The van der Waals surface area contributed by atoms with Gasteiger partial charge >= 0.3 is 0 Å². The number of rotatable bonds is 5. The van der Waals surface area contributed by atoms with Crippen molar-refractivity contribution in [3.63, 3.8) is 0 Å². The standard InChI is InChI=1S/C18H23NS/c1-2-15(13-14-7-4-3-5-8-14)19-17-9-6-10-18-16(17)11-12-20-18/h3-5,7-8,11-12,15,17,19H,2,6,9-10,13H2,1H3. The molecule has 0 amide bonds.